The van der Waals surface area contributed by atoms with Crippen LogP contribution in [0.1, 0.15) is 51.2 Å². The summed E-state index contributed by atoms with van der Waals surface area (Å²) >= 11 is 0.772. The number of amides is 3. The fraction of sp³-hybridized carbons (Fsp3) is 0.333. The molecule has 1 saturated heterocycles. The lowest BCUT2D eigenvalue weighted by Gasteiger charge is -2.14. The van der Waals surface area contributed by atoms with Crippen LogP contribution in [0.15, 0.2) is 53.4 Å². The van der Waals surface area contributed by atoms with Crippen molar-refractivity contribution < 1.29 is 28.7 Å². The highest BCUT2D eigenvalue weighted by atomic mass is 32.2. The molecule has 1 heterocycles. The Bertz CT molecular complexity index is 1160. The third kappa shape index (κ3) is 7.21. The lowest BCUT2D eigenvalue weighted by Crippen LogP contribution is -2.35. The minimum Gasteiger partial charge on any atom is -0.484 e. The number of hydrogen-bond donors (Lipinski definition) is 1. The van der Waals surface area contributed by atoms with Gasteiger partial charge < -0.3 is 14.8 Å². The fourth-order valence-corrected chi connectivity index (χ4v) is 4.21. The largest absolute Gasteiger partial charge is 0.484 e. The molecule has 1 aliphatic rings. The monoisotopic (exact) mass is 510 g/mol. The predicted octanol–water partition coefficient (Wildman–Crippen LogP) is 5.21. The summed E-state index contributed by atoms with van der Waals surface area (Å²) in [6.45, 7) is 7.17. The quantitative estimate of drug-likeness (QED) is 0.346. The molecule has 0 aliphatic carbocycles. The summed E-state index contributed by atoms with van der Waals surface area (Å²) in [4.78, 5) is 50.3. The average molecular weight is 511 g/mol. The van der Waals surface area contributed by atoms with Crippen molar-refractivity contribution in [3.8, 4) is 5.75 Å². The molecule has 2 aromatic rings. The number of imide groups is 1. The molecule has 3 amide bonds. The number of anilines is 1. The van der Waals surface area contributed by atoms with Crippen molar-refractivity contribution in [2.75, 3.05) is 18.5 Å². The standard InChI is InChI=1S/C27H30N2O6S/c1-5-18(4)35-25(31)15-29-26(32)23(36-27(29)33)14-19-10-12-20(13-11-19)34-16-24(30)28-22-9-7-6-8-21(22)17(2)3/h6-14,17-18H,5,15-16H2,1-4H3,(H,28,30)/b23-14+/t18-/m0/s1. The van der Waals surface area contributed by atoms with Crippen LogP contribution in [0.3, 0.4) is 0 Å². The maximum atomic E-state index is 12.6. The highest BCUT2D eigenvalue weighted by molar-refractivity contribution is 8.18. The van der Waals surface area contributed by atoms with Crippen molar-refractivity contribution in [3.63, 3.8) is 0 Å². The summed E-state index contributed by atoms with van der Waals surface area (Å²) in [6, 6.07) is 14.4. The van der Waals surface area contributed by atoms with Crippen LogP contribution >= 0.6 is 11.8 Å². The normalized spacial score (nSPS) is 15.4. The molecule has 1 N–H and O–H groups in total. The first-order chi connectivity index (χ1) is 17.2. The van der Waals surface area contributed by atoms with E-state index >= 15 is 0 Å². The van der Waals surface area contributed by atoms with E-state index in [1.165, 1.54) is 0 Å². The van der Waals surface area contributed by atoms with Gasteiger partial charge in [-0.1, -0.05) is 51.1 Å². The van der Waals surface area contributed by atoms with Crippen LogP contribution in [0, 0.1) is 0 Å². The molecule has 2 aromatic carbocycles. The summed E-state index contributed by atoms with van der Waals surface area (Å²) in [7, 11) is 0. The number of rotatable bonds is 10. The third-order valence-electron chi connectivity index (χ3n) is 5.47. The van der Waals surface area contributed by atoms with E-state index in [0.29, 0.717) is 17.7 Å². The van der Waals surface area contributed by atoms with Crippen LogP contribution in [-0.4, -0.2) is 47.2 Å². The molecule has 0 saturated carbocycles. The van der Waals surface area contributed by atoms with E-state index in [2.05, 4.69) is 19.2 Å². The molecule has 0 radical (unpaired) electrons. The highest BCUT2D eigenvalue weighted by Crippen LogP contribution is 2.32. The molecule has 0 bridgehead atoms. The number of carbonyl (C=O) groups excluding carboxylic acids is 4. The third-order valence-corrected chi connectivity index (χ3v) is 6.38. The van der Waals surface area contributed by atoms with Gasteiger partial charge in [0.1, 0.15) is 12.3 Å². The average Bonchev–Trinajstić information content (AvgIpc) is 3.10. The van der Waals surface area contributed by atoms with Crippen molar-refractivity contribution in [1.29, 1.82) is 0 Å². The molecule has 9 heteroatoms. The number of carbonyl (C=O) groups is 4. The second kappa shape index (κ2) is 12.4. The molecule has 8 nitrogen and oxygen atoms in total. The van der Waals surface area contributed by atoms with E-state index in [9.17, 15) is 19.2 Å². The molecular weight excluding hydrogens is 480 g/mol. The summed E-state index contributed by atoms with van der Waals surface area (Å²) in [5, 5.41) is 2.36. The van der Waals surface area contributed by atoms with Crippen molar-refractivity contribution in [2.24, 2.45) is 0 Å². The van der Waals surface area contributed by atoms with Crippen molar-refractivity contribution in [1.82, 2.24) is 4.90 Å². The summed E-state index contributed by atoms with van der Waals surface area (Å²) < 4.78 is 10.7. The van der Waals surface area contributed by atoms with Gasteiger partial charge in [-0.05, 0) is 66.4 Å². The van der Waals surface area contributed by atoms with E-state index in [1.54, 1.807) is 37.3 Å². The lowest BCUT2D eigenvalue weighted by molar-refractivity contribution is -0.150. The summed E-state index contributed by atoms with van der Waals surface area (Å²) in [5.41, 5.74) is 2.48. The van der Waals surface area contributed by atoms with Gasteiger partial charge in [0.05, 0.1) is 11.0 Å². The molecule has 190 valence electrons. The van der Waals surface area contributed by atoms with Gasteiger partial charge >= 0.3 is 5.97 Å². The van der Waals surface area contributed by atoms with Crippen molar-refractivity contribution in [3.05, 3.63) is 64.6 Å². The number of nitrogens with zero attached hydrogens (tertiary/aromatic N) is 1. The van der Waals surface area contributed by atoms with Gasteiger partial charge in [0.25, 0.3) is 17.1 Å². The molecule has 3 rings (SSSR count). The van der Waals surface area contributed by atoms with Crippen LogP contribution in [-0.2, 0) is 19.1 Å². The first-order valence-corrected chi connectivity index (χ1v) is 12.6. The minimum absolute atomic E-state index is 0.155. The molecule has 0 spiro atoms. The van der Waals surface area contributed by atoms with Gasteiger partial charge in [-0.15, -0.1) is 0 Å². The van der Waals surface area contributed by atoms with Gasteiger partial charge in [0, 0.05) is 5.69 Å². The van der Waals surface area contributed by atoms with E-state index in [-0.39, 0.29) is 29.4 Å². The van der Waals surface area contributed by atoms with Crippen LogP contribution in [0.4, 0.5) is 10.5 Å². The Hall–Kier alpha value is -3.59. The number of esters is 1. The maximum absolute atomic E-state index is 12.6. The van der Waals surface area contributed by atoms with E-state index in [4.69, 9.17) is 9.47 Å². The van der Waals surface area contributed by atoms with Gasteiger partial charge in [-0.25, -0.2) is 0 Å². The van der Waals surface area contributed by atoms with Crippen LogP contribution in [0.5, 0.6) is 5.75 Å². The molecule has 1 aliphatic heterocycles. The Labute approximate surface area is 215 Å². The SMILES string of the molecule is CC[C@H](C)OC(=O)CN1C(=O)S/C(=C/c2ccc(OCC(=O)Nc3ccccc3C(C)C)cc2)C1=O. The summed E-state index contributed by atoms with van der Waals surface area (Å²) in [6.07, 6.45) is 1.93. The molecule has 1 fully saturated rings. The molecule has 1 atom stereocenters. The van der Waals surface area contributed by atoms with Crippen LogP contribution < -0.4 is 10.1 Å². The second-order valence-corrected chi connectivity index (χ2v) is 9.62. The van der Waals surface area contributed by atoms with E-state index < -0.39 is 23.7 Å². The lowest BCUT2D eigenvalue weighted by atomic mass is 10.0. The first kappa shape index (κ1) is 27.0. The Balaban J connectivity index is 1.56. The molecule has 0 unspecified atom stereocenters. The fourth-order valence-electron chi connectivity index (χ4n) is 3.37. The molecule has 36 heavy (non-hydrogen) atoms. The number of ether oxygens (including phenoxy) is 2. The van der Waals surface area contributed by atoms with Crippen LogP contribution in [0.25, 0.3) is 6.08 Å². The van der Waals surface area contributed by atoms with E-state index in [1.807, 2.05) is 31.2 Å². The maximum Gasteiger partial charge on any atom is 0.326 e. The number of nitrogens with one attached hydrogen (secondary N) is 1. The minimum atomic E-state index is -0.619. The molecular formula is C27H30N2O6S. The predicted molar refractivity (Wildman–Crippen MR) is 140 cm³/mol. The topological polar surface area (TPSA) is 102 Å². The zero-order valence-electron chi connectivity index (χ0n) is 20.8. The zero-order valence-corrected chi connectivity index (χ0v) is 21.6. The molecule has 0 aromatic heterocycles. The van der Waals surface area contributed by atoms with Crippen molar-refractivity contribution in [2.45, 2.75) is 46.1 Å². The number of hydrogen-bond acceptors (Lipinski definition) is 7. The Morgan fingerprint density at radius 1 is 1.06 bits per heavy atom. The highest BCUT2D eigenvalue weighted by Gasteiger charge is 2.36. The second-order valence-electron chi connectivity index (χ2n) is 8.62. The van der Waals surface area contributed by atoms with Gasteiger partial charge in [-0.2, -0.15) is 0 Å². The smallest absolute Gasteiger partial charge is 0.326 e. The number of thioether (sulfide) groups is 1. The van der Waals surface area contributed by atoms with Gasteiger partial charge in [0.15, 0.2) is 6.61 Å². The van der Waals surface area contributed by atoms with Gasteiger partial charge in [0.2, 0.25) is 0 Å². The van der Waals surface area contributed by atoms with Crippen LogP contribution in [0.2, 0.25) is 0 Å². The summed E-state index contributed by atoms with van der Waals surface area (Å²) in [5.74, 6) is -0.668. The van der Waals surface area contributed by atoms with E-state index in [0.717, 1.165) is 27.9 Å². The number of benzene rings is 2. The van der Waals surface area contributed by atoms with Gasteiger partial charge in [-0.3, -0.25) is 24.1 Å². The first-order valence-electron chi connectivity index (χ1n) is 11.7. The van der Waals surface area contributed by atoms with Crippen molar-refractivity contribution >= 4 is 46.5 Å². The zero-order chi connectivity index (χ0) is 26.2. The Morgan fingerprint density at radius 3 is 2.42 bits per heavy atom. The number of para-hydroxylation sites is 1. The Kier molecular flexibility index (Phi) is 9.30. The Morgan fingerprint density at radius 2 is 1.75 bits per heavy atom.